The van der Waals surface area contributed by atoms with Crippen LogP contribution >= 0.6 is 15.9 Å². The minimum Gasteiger partial charge on any atom is -0.337 e. The summed E-state index contributed by atoms with van der Waals surface area (Å²) in [4.78, 5) is 20.6. The van der Waals surface area contributed by atoms with E-state index < -0.39 is 0 Å². The van der Waals surface area contributed by atoms with Crippen LogP contribution in [0.4, 0.5) is 0 Å². The minimum absolute atomic E-state index is 0.0275. The molecule has 2 rings (SSSR count). The number of carbonyl (C=O) groups is 1. The standard InChI is InChI=1S/C13H18BrN3O/c1-16(2)10-5-8-17(9-6-10)13(18)12-11(14)4-3-7-15-12/h3-4,7,10H,5-6,8-9H2,1-2H3. The van der Waals surface area contributed by atoms with Crippen molar-refractivity contribution in [1.82, 2.24) is 14.8 Å². The van der Waals surface area contributed by atoms with Crippen LogP contribution in [0.25, 0.3) is 0 Å². The van der Waals surface area contributed by atoms with E-state index in [1.54, 1.807) is 6.20 Å². The predicted molar refractivity (Wildman–Crippen MR) is 74.5 cm³/mol. The second-order valence-corrected chi connectivity index (χ2v) is 5.68. The number of rotatable bonds is 2. The molecule has 5 heteroatoms. The van der Waals surface area contributed by atoms with Crippen LogP contribution in [-0.4, -0.2) is 53.9 Å². The molecule has 1 aliphatic heterocycles. The van der Waals surface area contributed by atoms with Gasteiger partial charge in [0.1, 0.15) is 5.69 Å². The molecular weight excluding hydrogens is 294 g/mol. The molecule has 0 atom stereocenters. The van der Waals surface area contributed by atoms with Crippen molar-refractivity contribution in [3.05, 3.63) is 28.5 Å². The first-order chi connectivity index (χ1) is 8.59. The van der Waals surface area contributed by atoms with Crippen LogP contribution in [0.2, 0.25) is 0 Å². The molecule has 0 radical (unpaired) electrons. The highest BCUT2D eigenvalue weighted by Crippen LogP contribution is 2.19. The van der Waals surface area contributed by atoms with Gasteiger partial charge in [-0.25, -0.2) is 4.98 Å². The Balaban J connectivity index is 2.02. The monoisotopic (exact) mass is 311 g/mol. The van der Waals surface area contributed by atoms with Crippen LogP contribution in [-0.2, 0) is 0 Å². The predicted octanol–water partition coefficient (Wildman–Crippen LogP) is 2.01. The van der Waals surface area contributed by atoms with Crippen LogP contribution < -0.4 is 0 Å². The molecule has 98 valence electrons. The van der Waals surface area contributed by atoms with Gasteiger partial charge in [0.05, 0.1) is 0 Å². The van der Waals surface area contributed by atoms with Crippen LogP contribution in [0.1, 0.15) is 23.3 Å². The van der Waals surface area contributed by atoms with Crippen molar-refractivity contribution < 1.29 is 4.79 Å². The Kier molecular flexibility index (Phi) is 4.35. The fourth-order valence-corrected chi connectivity index (χ4v) is 2.70. The molecule has 1 aromatic rings. The maximum absolute atomic E-state index is 12.3. The summed E-state index contributed by atoms with van der Waals surface area (Å²) in [5.41, 5.74) is 0.515. The normalized spacial score (nSPS) is 17.2. The number of nitrogens with zero attached hydrogens (tertiary/aromatic N) is 3. The van der Waals surface area contributed by atoms with Gasteiger partial charge in [-0.2, -0.15) is 0 Å². The number of aromatic nitrogens is 1. The first-order valence-electron chi connectivity index (χ1n) is 6.16. The first-order valence-corrected chi connectivity index (χ1v) is 6.95. The van der Waals surface area contributed by atoms with E-state index >= 15 is 0 Å². The molecule has 0 bridgehead atoms. The lowest BCUT2D eigenvalue weighted by atomic mass is 10.0. The van der Waals surface area contributed by atoms with E-state index in [-0.39, 0.29) is 5.91 Å². The van der Waals surface area contributed by atoms with Crippen molar-refractivity contribution in [2.45, 2.75) is 18.9 Å². The van der Waals surface area contributed by atoms with E-state index in [9.17, 15) is 4.79 Å². The van der Waals surface area contributed by atoms with E-state index in [2.05, 4.69) is 39.9 Å². The smallest absolute Gasteiger partial charge is 0.273 e. The van der Waals surface area contributed by atoms with E-state index in [0.29, 0.717) is 11.7 Å². The van der Waals surface area contributed by atoms with Crippen molar-refractivity contribution in [3.8, 4) is 0 Å². The number of likely N-dealkylation sites (tertiary alicyclic amines) is 1. The SMILES string of the molecule is CN(C)C1CCN(C(=O)c2ncccc2Br)CC1. The number of piperidine rings is 1. The topological polar surface area (TPSA) is 36.4 Å². The fourth-order valence-electron chi connectivity index (χ4n) is 2.28. The lowest BCUT2D eigenvalue weighted by Gasteiger charge is -2.35. The van der Waals surface area contributed by atoms with Gasteiger partial charge in [0.15, 0.2) is 0 Å². The molecule has 0 aliphatic carbocycles. The van der Waals surface area contributed by atoms with E-state index in [4.69, 9.17) is 0 Å². The zero-order valence-electron chi connectivity index (χ0n) is 10.8. The molecule has 1 aromatic heterocycles. The van der Waals surface area contributed by atoms with Gasteiger partial charge in [0.25, 0.3) is 5.91 Å². The van der Waals surface area contributed by atoms with Crippen LogP contribution in [0.15, 0.2) is 22.8 Å². The summed E-state index contributed by atoms with van der Waals surface area (Å²) in [6.45, 7) is 1.62. The van der Waals surface area contributed by atoms with Crippen molar-refractivity contribution in [2.75, 3.05) is 27.2 Å². The molecule has 1 amide bonds. The summed E-state index contributed by atoms with van der Waals surface area (Å²) in [6, 6.07) is 4.26. The van der Waals surface area contributed by atoms with E-state index in [0.717, 1.165) is 30.4 Å². The molecular formula is C13H18BrN3O. The summed E-state index contributed by atoms with van der Waals surface area (Å²) in [6.07, 6.45) is 3.72. The van der Waals surface area contributed by atoms with Crippen molar-refractivity contribution in [3.63, 3.8) is 0 Å². The molecule has 0 N–H and O–H groups in total. The van der Waals surface area contributed by atoms with Crippen LogP contribution in [0.5, 0.6) is 0 Å². The minimum atomic E-state index is 0.0275. The number of amides is 1. The lowest BCUT2D eigenvalue weighted by Crippen LogP contribution is -2.44. The van der Waals surface area contributed by atoms with Crippen molar-refractivity contribution in [1.29, 1.82) is 0 Å². The molecule has 2 heterocycles. The Labute approximate surface area is 116 Å². The van der Waals surface area contributed by atoms with Gasteiger partial charge in [0, 0.05) is 29.8 Å². The highest BCUT2D eigenvalue weighted by atomic mass is 79.9. The second kappa shape index (κ2) is 5.80. The Bertz CT molecular complexity index is 428. The maximum Gasteiger partial charge on any atom is 0.273 e. The summed E-state index contributed by atoms with van der Waals surface area (Å²) < 4.78 is 0.768. The molecule has 0 spiro atoms. The van der Waals surface area contributed by atoms with Gasteiger partial charge in [0.2, 0.25) is 0 Å². The van der Waals surface area contributed by atoms with Gasteiger partial charge >= 0.3 is 0 Å². The summed E-state index contributed by atoms with van der Waals surface area (Å²) >= 11 is 3.38. The maximum atomic E-state index is 12.3. The lowest BCUT2D eigenvalue weighted by molar-refractivity contribution is 0.0656. The zero-order valence-corrected chi connectivity index (χ0v) is 12.4. The third-order valence-corrected chi connectivity index (χ3v) is 4.08. The molecule has 0 unspecified atom stereocenters. The van der Waals surface area contributed by atoms with Crippen molar-refractivity contribution in [2.24, 2.45) is 0 Å². The number of pyridine rings is 1. The molecule has 1 aliphatic rings. The fraction of sp³-hybridized carbons (Fsp3) is 0.538. The van der Waals surface area contributed by atoms with Crippen molar-refractivity contribution >= 4 is 21.8 Å². The third-order valence-electron chi connectivity index (χ3n) is 3.44. The average Bonchev–Trinajstić information content (AvgIpc) is 2.38. The van der Waals surface area contributed by atoms with Gasteiger partial charge in [-0.05, 0) is 55.0 Å². The Hall–Kier alpha value is -0.940. The number of hydrogen-bond acceptors (Lipinski definition) is 3. The zero-order chi connectivity index (χ0) is 13.1. The molecule has 1 saturated heterocycles. The van der Waals surface area contributed by atoms with Gasteiger partial charge < -0.3 is 9.80 Å². The molecule has 0 saturated carbocycles. The highest BCUT2D eigenvalue weighted by molar-refractivity contribution is 9.10. The Morgan fingerprint density at radius 1 is 1.44 bits per heavy atom. The Morgan fingerprint density at radius 2 is 2.11 bits per heavy atom. The van der Waals surface area contributed by atoms with E-state index in [1.807, 2.05) is 17.0 Å². The van der Waals surface area contributed by atoms with Gasteiger partial charge in [-0.1, -0.05) is 0 Å². The number of hydrogen-bond donors (Lipinski definition) is 0. The summed E-state index contributed by atoms with van der Waals surface area (Å²) in [5.74, 6) is 0.0275. The molecule has 4 nitrogen and oxygen atoms in total. The first kappa shape index (κ1) is 13.5. The molecule has 1 fully saturated rings. The van der Waals surface area contributed by atoms with Crippen LogP contribution in [0.3, 0.4) is 0 Å². The molecule has 0 aromatic carbocycles. The Morgan fingerprint density at radius 3 is 2.67 bits per heavy atom. The highest BCUT2D eigenvalue weighted by Gasteiger charge is 2.26. The molecule has 18 heavy (non-hydrogen) atoms. The summed E-state index contributed by atoms with van der Waals surface area (Å²) in [7, 11) is 4.19. The summed E-state index contributed by atoms with van der Waals surface area (Å²) in [5, 5.41) is 0. The third kappa shape index (κ3) is 2.90. The van der Waals surface area contributed by atoms with E-state index in [1.165, 1.54) is 0 Å². The largest absolute Gasteiger partial charge is 0.337 e. The second-order valence-electron chi connectivity index (χ2n) is 4.82. The quantitative estimate of drug-likeness (QED) is 0.838. The average molecular weight is 312 g/mol. The number of carbonyl (C=O) groups excluding carboxylic acids is 1. The van der Waals surface area contributed by atoms with Crippen LogP contribution in [0, 0.1) is 0 Å². The van der Waals surface area contributed by atoms with Gasteiger partial charge in [-0.3, -0.25) is 4.79 Å². The number of halogens is 1. The van der Waals surface area contributed by atoms with Gasteiger partial charge in [-0.15, -0.1) is 0 Å².